The number of amides is 1. The zero-order chi connectivity index (χ0) is 26.9. The molecule has 0 bridgehead atoms. The average Bonchev–Trinajstić information content (AvgIpc) is 3.60. The van der Waals surface area contributed by atoms with Crippen molar-refractivity contribution < 1.29 is 31.3 Å². The normalized spacial score (nSPS) is 17.3. The number of aryl methyl sites for hydroxylation is 1. The van der Waals surface area contributed by atoms with Crippen LogP contribution in [-0.2, 0) is 17.4 Å². The summed E-state index contributed by atoms with van der Waals surface area (Å²) in [6.45, 7) is 0.289. The van der Waals surface area contributed by atoms with E-state index < -0.39 is 36.4 Å². The van der Waals surface area contributed by atoms with Crippen molar-refractivity contribution in [3.63, 3.8) is 0 Å². The molecule has 2 heterocycles. The maximum atomic E-state index is 13.5. The molecule has 0 spiro atoms. The van der Waals surface area contributed by atoms with E-state index in [2.05, 4.69) is 15.1 Å². The number of aromatic nitrogens is 3. The van der Waals surface area contributed by atoms with Crippen LogP contribution in [0.5, 0.6) is 0 Å². The van der Waals surface area contributed by atoms with E-state index >= 15 is 0 Å². The summed E-state index contributed by atoms with van der Waals surface area (Å²) in [4.78, 5) is 23.2. The molecule has 38 heavy (non-hydrogen) atoms. The summed E-state index contributed by atoms with van der Waals surface area (Å²) in [5.41, 5.74) is 0.798. The fourth-order valence-electron chi connectivity index (χ4n) is 4.63. The molecule has 202 valence electrons. The predicted octanol–water partition coefficient (Wildman–Crippen LogP) is 6.82. The fraction of sp³-hybridized carbons (Fsp3) is 0.481. The van der Waals surface area contributed by atoms with Crippen LogP contribution in [0.25, 0.3) is 11.5 Å². The molecule has 2 aromatic heterocycles. The lowest BCUT2D eigenvalue weighted by molar-refractivity contribution is -0.147. The smallest absolute Gasteiger partial charge is 0.334 e. The number of pyridine rings is 1. The highest BCUT2D eigenvalue weighted by atomic mass is 19.4. The Morgan fingerprint density at radius 2 is 1.87 bits per heavy atom. The van der Waals surface area contributed by atoms with Crippen LogP contribution in [0.2, 0.25) is 0 Å². The molecular weight excluding hydrogens is 507 g/mol. The molecule has 3 aromatic rings. The molecule has 0 atom stereocenters. The summed E-state index contributed by atoms with van der Waals surface area (Å²) in [6, 6.07) is 9.00. The first kappa shape index (κ1) is 26.2. The quantitative estimate of drug-likeness (QED) is 0.211. The van der Waals surface area contributed by atoms with Gasteiger partial charge < -0.3 is 9.42 Å². The number of anilines is 1. The molecule has 0 radical (unpaired) electrons. The van der Waals surface area contributed by atoms with Crippen molar-refractivity contribution in [2.24, 2.45) is 5.92 Å². The van der Waals surface area contributed by atoms with Gasteiger partial charge in [-0.2, -0.15) is 18.2 Å². The SMILES string of the molecule is O=C(C1CC(F)(F)C1)N(CCCCCc1cc(C(F)(F)F)ccn1)c1cccc(-c2nc(C3CC3)no2)c1. The highest BCUT2D eigenvalue weighted by Gasteiger charge is 2.50. The standard InChI is InChI=1S/C27H27F5N4O2/c28-26(29)15-19(16-26)25(37)36(12-3-1-2-6-21-14-20(10-11-33-21)27(30,31)32)22-7-4-5-18(13-22)24-34-23(35-38-24)17-8-9-17/h4-5,7,10-11,13-14,17,19H,1-3,6,8-9,12,15-16H2. The van der Waals surface area contributed by atoms with E-state index in [0.29, 0.717) is 60.3 Å². The van der Waals surface area contributed by atoms with Crippen LogP contribution in [0.4, 0.5) is 27.6 Å². The monoisotopic (exact) mass is 534 g/mol. The average molecular weight is 535 g/mol. The van der Waals surface area contributed by atoms with Crippen LogP contribution in [-0.4, -0.2) is 33.5 Å². The third kappa shape index (κ3) is 6.19. The first-order valence-electron chi connectivity index (χ1n) is 12.7. The van der Waals surface area contributed by atoms with Crippen LogP contribution in [0.1, 0.15) is 67.9 Å². The van der Waals surface area contributed by atoms with Crippen molar-refractivity contribution in [1.82, 2.24) is 15.1 Å². The molecule has 2 fully saturated rings. The molecule has 0 aliphatic heterocycles. The lowest BCUT2D eigenvalue weighted by atomic mass is 9.80. The lowest BCUT2D eigenvalue weighted by Gasteiger charge is -2.37. The highest BCUT2D eigenvalue weighted by Crippen LogP contribution is 2.44. The van der Waals surface area contributed by atoms with E-state index in [1.54, 1.807) is 24.3 Å². The number of carbonyl (C=O) groups is 1. The summed E-state index contributed by atoms with van der Waals surface area (Å²) in [6.07, 6.45) is -0.0692. The molecule has 0 saturated heterocycles. The van der Waals surface area contributed by atoms with Crippen molar-refractivity contribution in [2.45, 2.75) is 69.4 Å². The number of alkyl halides is 5. The van der Waals surface area contributed by atoms with Crippen LogP contribution in [0.3, 0.4) is 0 Å². The fourth-order valence-corrected chi connectivity index (χ4v) is 4.63. The summed E-state index contributed by atoms with van der Waals surface area (Å²) in [5.74, 6) is -2.63. The Morgan fingerprint density at radius 1 is 1.08 bits per heavy atom. The molecule has 0 N–H and O–H groups in total. The molecule has 1 amide bonds. The van der Waals surface area contributed by atoms with Gasteiger partial charge in [-0.05, 0) is 62.4 Å². The van der Waals surface area contributed by atoms with Crippen LogP contribution >= 0.6 is 0 Å². The van der Waals surface area contributed by atoms with Crippen molar-refractivity contribution in [1.29, 1.82) is 0 Å². The number of carbonyl (C=O) groups excluding carboxylic acids is 1. The number of benzene rings is 1. The third-order valence-corrected chi connectivity index (χ3v) is 6.95. The number of hydrogen-bond donors (Lipinski definition) is 0. The molecule has 11 heteroatoms. The predicted molar refractivity (Wildman–Crippen MR) is 129 cm³/mol. The molecule has 2 aliphatic carbocycles. The van der Waals surface area contributed by atoms with Gasteiger partial charge in [0.2, 0.25) is 11.8 Å². The number of rotatable bonds is 10. The van der Waals surface area contributed by atoms with E-state index in [0.717, 1.165) is 31.2 Å². The van der Waals surface area contributed by atoms with Gasteiger partial charge in [0, 0.05) is 54.4 Å². The summed E-state index contributed by atoms with van der Waals surface area (Å²) in [5, 5.41) is 4.03. The van der Waals surface area contributed by atoms with Crippen molar-refractivity contribution >= 4 is 11.6 Å². The third-order valence-electron chi connectivity index (χ3n) is 6.95. The largest absolute Gasteiger partial charge is 0.416 e. The topological polar surface area (TPSA) is 72.1 Å². The Kier molecular flexibility index (Phi) is 7.19. The Balaban J connectivity index is 1.24. The second kappa shape index (κ2) is 10.4. The van der Waals surface area contributed by atoms with Gasteiger partial charge in [-0.25, -0.2) is 8.78 Å². The first-order chi connectivity index (χ1) is 18.1. The zero-order valence-electron chi connectivity index (χ0n) is 20.6. The van der Waals surface area contributed by atoms with E-state index in [4.69, 9.17) is 4.52 Å². The van der Waals surface area contributed by atoms with Crippen molar-refractivity contribution in [3.8, 4) is 11.5 Å². The summed E-state index contributed by atoms with van der Waals surface area (Å²) < 4.78 is 71.2. The number of unbranched alkanes of at least 4 members (excludes halogenated alkanes) is 2. The molecule has 0 unspecified atom stereocenters. The molecule has 2 aliphatic rings. The van der Waals surface area contributed by atoms with Crippen LogP contribution < -0.4 is 4.90 Å². The van der Waals surface area contributed by atoms with Crippen molar-refractivity contribution in [2.75, 3.05) is 11.4 Å². The van der Waals surface area contributed by atoms with Gasteiger partial charge in [-0.3, -0.25) is 9.78 Å². The van der Waals surface area contributed by atoms with E-state index in [1.807, 2.05) is 0 Å². The van der Waals surface area contributed by atoms with Crippen LogP contribution in [0, 0.1) is 5.92 Å². The second-order valence-corrected chi connectivity index (χ2v) is 10.1. The summed E-state index contributed by atoms with van der Waals surface area (Å²) >= 11 is 0. The lowest BCUT2D eigenvalue weighted by Crippen LogP contribution is -2.47. The van der Waals surface area contributed by atoms with Crippen molar-refractivity contribution in [3.05, 3.63) is 59.7 Å². The van der Waals surface area contributed by atoms with Gasteiger partial charge in [-0.15, -0.1) is 0 Å². The Labute approximate surface area is 216 Å². The molecule has 6 nitrogen and oxygen atoms in total. The molecular formula is C27H27F5N4O2. The van der Waals surface area contributed by atoms with Gasteiger partial charge in [0.15, 0.2) is 5.82 Å². The van der Waals surface area contributed by atoms with Gasteiger partial charge in [0.05, 0.1) is 5.56 Å². The van der Waals surface area contributed by atoms with Gasteiger partial charge >= 0.3 is 6.18 Å². The highest BCUT2D eigenvalue weighted by molar-refractivity contribution is 5.96. The minimum Gasteiger partial charge on any atom is -0.334 e. The Morgan fingerprint density at radius 3 is 2.58 bits per heavy atom. The molecule has 5 rings (SSSR count). The minimum atomic E-state index is -4.42. The Hall–Kier alpha value is -3.37. The zero-order valence-corrected chi connectivity index (χ0v) is 20.6. The Bertz CT molecular complexity index is 1280. The molecule has 1 aromatic carbocycles. The van der Waals surface area contributed by atoms with E-state index in [1.165, 1.54) is 4.90 Å². The second-order valence-electron chi connectivity index (χ2n) is 10.1. The first-order valence-corrected chi connectivity index (χ1v) is 12.7. The minimum absolute atomic E-state index is 0.289. The van der Waals surface area contributed by atoms with E-state index in [-0.39, 0.29) is 12.5 Å². The maximum absolute atomic E-state index is 13.5. The summed E-state index contributed by atoms with van der Waals surface area (Å²) in [7, 11) is 0. The van der Waals surface area contributed by atoms with Gasteiger partial charge in [-0.1, -0.05) is 17.6 Å². The number of halogens is 5. The number of nitrogens with zero attached hydrogens (tertiary/aromatic N) is 4. The van der Waals surface area contributed by atoms with Gasteiger partial charge in [0.1, 0.15) is 0 Å². The van der Waals surface area contributed by atoms with Gasteiger partial charge in [0.25, 0.3) is 5.89 Å². The van der Waals surface area contributed by atoms with Crippen LogP contribution in [0.15, 0.2) is 47.1 Å². The number of hydrogen-bond acceptors (Lipinski definition) is 5. The maximum Gasteiger partial charge on any atom is 0.416 e. The van der Waals surface area contributed by atoms with E-state index in [9.17, 15) is 26.7 Å². The molecule has 2 saturated carbocycles.